The lowest BCUT2D eigenvalue weighted by Crippen LogP contribution is -2.16. The first-order valence-corrected chi connectivity index (χ1v) is 6.47. The number of nitrogens with zero attached hydrogens (tertiary/aromatic N) is 2. The number of nitrogens with two attached hydrogens (primary N) is 1. The summed E-state index contributed by atoms with van der Waals surface area (Å²) in [6.45, 7) is 2.22. The van der Waals surface area contributed by atoms with Crippen LogP contribution in [-0.2, 0) is 0 Å². The third-order valence-electron chi connectivity index (χ3n) is 3.86. The van der Waals surface area contributed by atoms with Gasteiger partial charge in [0.25, 0.3) is 0 Å². The fourth-order valence-corrected chi connectivity index (χ4v) is 2.60. The lowest BCUT2D eigenvalue weighted by Gasteiger charge is -2.26. The minimum absolute atomic E-state index is 0.0130. The molecule has 98 valence electrons. The van der Waals surface area contributed by atoms with Crippen molar-refractivity contribution in [2.45, 2.75) is 44.9 Å². The second-order valence-corrected chi connectivity index (χ2v) is 4.96. The molecule has 0 bridgehead atoms. The Morgan fingerprint density at radius 1 is 1.44 bits per heavy atom. The van der Waals surface area contributed by atoms with E-state index in [-0.39, 0.29) is 11.4 Å². The number of aromatic carboxylic acids is 1. The molecule has 0 spiro atoms. The van der Waals surface area contributed by atoms with E-state index < -0.39 is 5.97 Å². The summed E-state index contributed by atoms with van der Waals surface area (Å²) in [7, 11) is 0. The van der Waals surface area contributed by atoms with Crippen LogP contribution < -0.4 is 5.73 Å². The molecular weight excluding hydrogens is 230 g/mol. The highest BCUT2D eigenvalue weighted by Gasteiger charge is 2.24. The third-order valence-corrected chi connectivity index (χ3v) is 3.86. The fraction of sp³-hybridized carbons (Fsp3) is 0.615. The van der Waals surface area contributed by atoms with Crippen molar-refractivity contribution >= 4 is 11.8 Å². The van der Waals surface area contributed by atoms with Crippen LogP contribution >= 0.6 is 0 Å². The molecule has 5 nitrogen and oxygen atoms in total. The molecule has 1 aromatic rings. The summed E-state index contributed by atoms with van der Waals surface area (Å²) in [5.41, 5.74) is 5.64. The molecule has 1 aromatic heterocycles. The smallest absolute Gasteiger partial charge is 0.341 e. The van der Waals surface area contributed by atoms with Crippen molar-refractivity contribution in [1.29, 1.82) is 0 Å². The average Bonchev–Trinajstić information content (AvgIpc) is 2.38. The first-order chi connectivity index (χ1) is 8.61. The standard InChI is InChI=1S/C13H19N3O2/c1-2-8-3-5-9(6-4-8)12-15-7-10(13(17)18)11(14)16-12/h7-9H,2-6H2,1H3,(H,17,18)(H2,14,15,16). The number of carboxylic acids is 1. The van der Waals surface area contributed by atoms with Crippen molar-refractivity contribution in [3.8, 4) is 0 Å². The SMILES string of the molecule is CCC1CCC(c2ncc(C(=O)O)c(N)n2)CC1. The number of hydrogen-bond acceptors (Lipinski definition) is 4. The molecule has 5 heteroatoms. The lowest BCUT2D eigenvalue weighted by atomic mass is 9.80. The summed E-state index contributed by atoms with van der Waals surface area (Å²) >= 11 is 0. The zero-order valence-electron chi connectivity index (χ0n) is 10.6. The third kappa shape index (κ3) is 2.60. The maximum absolute atomic E-state index is 10.8. The van der Waals surface area contributed by atoms with E-state index in [0.29, 0.717) is 11.7 Å². The van der Waals surface area contributed by atoms with Gasteiger partial charge in [-0.15, -0.1) is 0 Å². The largest absolute Gasteiger partial charge is 0.477 e. The van der Waals surface area contributed by atoms with Crippen molar-refractivity contribution < 1.29 is 9.90 Å². The molecule has 3 N–H and O–H groups in total. The molecule has 1 aliphatic carbocycles. The van der Waals surface area contributed by atoms with Crippen LogP contribution in [0.2, 0.25) is 0 Å². The van der Waals surface area contributed by atoms with Crippen molar-refractivity contribution in [2.24, 2.45) is 5.92 Å². The first kappa shape index (κ1) is 12.8. The molecule has 0 radical (unpaired) electrons. The monoisotopic (exact) mass is 249 g/mol. The van der Waals surface area contributed by atoms with Crippen molar-refractivity contribution in [3.05, 3.63) is 17.6 Å². The van der Waals surface area contributed by atoms with E-state index in [1.54, 1.807) is 0 Å². The lowest BCUT2D eigenvalue weighted by molar-refractivity contribution is 0.0697. The molecule has 0 amide bonds. The molecule has 0 aromatic carbocycles. The number of aromatic nitrogens is 2. The van der Waals surface area contributed by atoms with Gasteiger partial charge in [-0.05, 0) is 31.6 Å². The Labute approximate surface area is 106 Å². The Hall–Kier alpha value is -1.65. The predicted octanol–water partition coefficient (Wildman–Crippen LogP) is 2.44. The quantitative estimate of drug-likeness (QED) is 0.858. The fourth-order valence-electron chi connectivity index (χ4n) is 2.60. The Kier molecular flexibility index (Phi) is 3.79. The highest BCUT2D eigenvalue weighted by Crippen LogP contribution is 2.35. The van der Waals surface area contributed by atoms with Crippen LogP contribution in [0.1, 0.15) is 61.1 Å². The predicted molar refractivity (Wildman–Crippen MR) is 68.4 cm³/mol. The highest BCUT2D eigenvalue weighted by atomic mass is 16.4. The summed E-state index contributed by atoms with van der Waals surface area (Å²) in [4.78, 5) is 19.1. The normalized spacial score (nSPS) is 23.8. The zero-order chi connectivity index (χ0) is 13.1. The Balaban J connectivity index is 2.11. The van der Waals surface area contributed by atoms with Gasteiger partial charge >= 0.3 is 5.97 Å². The molecule has 0 atom stereocenters. The van der Waals surface area contributed by atoms with Gasteiger partial charge in [0.05, 0.1) is 0 Å². The molecule has 1 heterocycles. The van der Waals surface area contributed by atoms with Gasteiger partial charge in [0.2, 0.25) is 0 Å². The first-order valence-electron chi connectivity index (χ1n) is 6.47. The maximum Gasteiger partial charge on any atom is 0.341 e. The van der Waals surface area contributed by atoms with Gasteiger partial charge in [0.1, 0.15) is 17.2 Å². The molecule has 0 aliphatic heterocycles. The van der Waals surface area contributed by atoms with Gasteiger partial charge in [0, 0.05) is 12.1 Å². The van der Waals surface area contributed by atoms with Gasteiger partial charge < -0.3 is 10.8 Å². The molecular formula is C13H19N3O2. The number of carbonyl (C=O) groups is 1. The maximum atomic E-state index is 10.8. The van der Waals surface area contributed by atoms with Crippen LogP contribution in [0.4, 0.5) is 5.82 Å². The molecule has 0 saturated heterocycles. The minimum Gasteiger partial charge on any atom is -0.477 e. The average molecular weight is 249 g/mol. The number of rotatable bonds is 3. The molecule has 2 rings (SSSR count). The molecule has 0 unspecified atom stereocenters. The number of carboxylic acid groups (broad SMARTS) is 1. The Morgan fingerprint density at radius 3 is 2.61 bits per heavy atom. The van der Waals surface area contributed by atoms with Gasteiger partial charge in [0.15, 0.2) is 0 Å². The number of nitrogen functional groups attached to an aromatic ring is 1. The van der Waals surface area contributed by atoms with Crippen molar-refractivity contribution in [1.82, 2.24) is 9.97 Å². The van der Waals surface area contributed by atoms with E-state index in [1.165, 1.54) is 25.5 Å². The van der Waals surface area contributed by atoms with Crippen LogP contribution in [0.3, 0.4) is 0 Å². The second-order valence-electron chi connectivity index (χ2n) is 4.96. The van der Waals surface area contributed by atoms with E-state index in [2.05, 4.69) is 16.9 Å². The zero-order valence-corrected chi connectivity index (χ0v) is 10.6. The van der Waals surface area contributed by atoms with Crippen LogP contribution in [0.5, 0.6) is 0 Å². The molecule has 18 heavy (non-hydrogen) atoms. The van der Waals surface area contributed by atoms with Gasteiger partial charge in [-0.3, -0.25) is 0 Å². The highest BCUT2D eigenvalue weighted by molar-refractivity contribution is 5.92. The van der Waals surface area contributed by atoms with Crippen molar-refractivity contribution in [3.63, 3.8) is 0 Å². The minimum atomic E-state index is -1.08. The van der Waals surface area contributed by atoms with Crippen LogP contribution in [0.15, 0.2) is 6.20 Å². The van der Waals surface area contributed by atoms with Gasteiger partial charge in [-0.25, -0.2) is 14.8 Å². The summed E-state index contributed by atoms with van der Waals surface area (Å²) in [6.07, 6.45) is 7.10. The van der Waals surface area contributed by atoms with Crippen LogP contribution in [0, 0.1) is 5.92 Å². The van der Waals surface area contributed by atoms with Crippen LogP contribution in [-0.4, -0.2) is 21.0 Å². The molecule has 1 aliphatic rings. The molecule has 1 saturated carbocycles. The topological polar surface area (TPSA) is 89.1 Å². The Bertz CT molecular complexity index is 440. The second kappa shape index (κ2) is 5.33. The summed E-state index contributed by atoms with van der Waals surface area (Å²) in [5.74, 6) is 0.848. The number of hydrogen-bond donors (Lipinski definition) is 2. The van der Waals surface area contributed by atoms with E-state index in [1.807, 2.05) is 0 Å². The van der Waals surface area contributed by atoms with Crippen molar-refractivity contribution in [2.75, 3.05) is 5.73 Å². The van der Waals surface area contributed by atoms with E-state index in [0.717, 1.165) is 18.8 Å². The number of anilines is 1. The van der Waals surface area contributed by atoms with E-state index in [9.17, 15) is 4.79 Å². The summed E-state index contributed by atoms with van der Waals surface area (Å²) in [6, 6.07) is 0. The van der Waals surface area contributed by atoms with Gasteiger partial charge in [-0.1, -0.05) is 13.3 Å². The Morgan fingerprint density at radius 2 is 2.11 bits per heavy atom. The van der Waals surface area contributed by atoms with Gasteiger partial charge in [-0.2, -0.15) is 0 Å². The summed E-state index contributed by atoms with van der Waals surface area (Å²) in [5, 5.41) is 8.87. The van der Waals surface area contributed by atoms with E-state index in [4.69, 9.17) is 10.8 Å². The summed E-state index contributed by atoms with van der Waals surface area (Å²) < 4.78 is 0. The molecule has 1 fully saturated rings. The van der Waals surface area contributed by atoms with E-state index >= 15 is 0 Å². The van der Waals surface area contributed by atoms with Crippen LogP contribution in [0.25, 0.3) is 0 Å².